The molecule has 0 spiro atoms. The van der Waals surface area contributed by atoms with Crippen LogP contribution in [0.25, 0.3) is 0 Å². The number of guanidine groups is 1. The van der Waals surface area contributed by atoms with E-state index < -0.39 is 0 Å². The summed E-state index contributed by atoms with van der Waals surface area (Å²) in [5.41, 5.74) is 0. The molecule has 0 radical (unpaired) electrons. The lowest BCUT2D eigenvalue weighted by molar-refractivity contribution is 0.371. The number of nitrogens with zero attached hydrogens (tertiary/aromatic N) is 7. The fourth-order valence-corrected chi connectivity index (χ4v) is 2.71. The van der Waals surface area contributed by atoms with Crippen molar-refractivity contribution < 1.29 is 0 Å². The average Bonchev–Trinajstić information content (AvgIpc) is 3.04. The van der Waals surface area contributed by atoms with Gasteiger partial charge >= 0.3 is 0 Å². The normalized spacial score (nSPS) is 15.7. The molecular weight excluding hydrogens is 304 g/mol. The van der Waals surface area contributed by atoms with Crippen LogP contribution in [0.1, 0.15) is 12.7 Å². The maximum absolute atomic E-state index is 4.71. The van der Waals surface area contributed by atoms with Crippen molar-refractivity contribution in [1.82, 2.24) is 30.0 Å². The van der Waals surface area contributed by atoms with Crippen LogP contribution in [-0.2, 0) is 13.6 Å². The van der Waals surface area contributed by atoms with E-state index in [1.54, 1.807) is 6.33 Å². The van der Waals surface area contributed by atoms with E-state index in [1.165, 1.54) is 0 Å². The van der Waals surface area contributed by atoms with Crippen LogP contribution >= 0.6 is 0 Å². The molecule has 1 N–H and O–H groups in total. The Hall–Kier alpha value is -2.64. The van der Waals surface area contributed by atoms with Crippen molar-refractivity contribution in [3.05, 3.63) is 36.5 Å². The first-order valence-electron chi connectivity index (χ1n) is 8.30. The van der Waals surface area contributed by atoms with Gasteiger partial charge in [-0.25, -0.2) is 9.98 Å². The lowest BCUT2D eigenvalue weighted by atomic mass is 10.3. The minimum atomic E-state index is 0.527. The Bertz CT molecular complexity index is 658. The number of rotatable bonds is 4. The molecule has 8 nitrogen and oxygen atoms in total. The number of piperazine rings is 1. The van der Waals surface area contributed by atoms with Gasteiger partial charge in [0.2, 0.25) is 0 Å². The number of aliphatic imine (C=N–C) groups is 1. The van der Waals surface area contributed by atoms with Crippen LogP contribution in [0.3, 0.4) is 0 Å². The van der Waals surface area contributed by atoms with Gasteiger partial charge in [0.05, 0.1) is 0 Å². The van der Waals surface area contributed by atoms with Crippen LogP contribution in [0.5, 0.6) is 0 Å². The van der Waals surface area contributed by atoms with Crippen molar-refractivity contribution in [3.8, 4) is 0 Å². The highest BCUT2D eigenvalue weighted by Crippen LogP contribution is 2.12. The van der Waals surface area contributed by atoms with E-state index in [-0.39, 0.29) is 0 Å². The Morgan fingerprint density at radius 3 is 2.71 bits per heavy atom. The van der Waals surface area contributed by atoms with Crippen LogP contribution in [0, 0.1) is 0 Å². The minimum absolute atomic E-state index is 0.527. The summed E-state index contributed by atoms with van der Waals surface area (Å²) in [6.45, 7) is 7.17. The van der Waals surface area contributed by atoms with E-state index in [1.807, 2.05) is 29.9 Å². The highest BCUT2D eigenvalue weighted by atomic mass is 15.4. The van der Waals surface area contributed by atoms with Crippen LogP contribution in [0.4, 0.5) is 5.82 Å². The second-order valence-corrected chi connectivity index (χ2v) is 5.69. The number of anilines is 1. The minimum Gasteiger partial charge on any atom is -0.357 e. The first-order chi connectivity index (χ1) is 11.8. The molecule has 0 atom stereocenters. The summed E-state index contributed by atoms with van der Waals surface area (Å²) in [7, 11) is 1.93. The SMILES string of the molecule is CCNC(=NCc1nncn1C)N1CCN(c2ccccn2)CC1. The zero-order valence-corrected chi connectivity index (χ0v) is 14.3. The van der Waals surface area contributed by atoms with Gasteiger partial charge in [-0.05, 0) is 19.1 Å². The molecule has 1 saturated heterocycles. The number of pyridine rings is 1. The lowest BCUT2D eigenvalue weighted by Crippen LogP contribution is -2.52. The molecule has 1 aliphatic rings. The topological polar surface area (TPSA) is 74.5 Å². The van der Waals surface area contributed by atoms with Gasteiger partial charge in [0.1, 0.15) is 18.7 Å². The average molecular weight is 328 g/mol. The van der Waals surface area contributed by atoms with Crippen LogP contribution < -0.4 is 10.2 Å². The molecule has 1 aliphatic heterocycles. The molecule has 2 aromatic heterocycles. The number of aryl methyl sites for hydroxylation is 1. The van der Waals surface area contributed by atoms with Crippen molar-refractivity contribution in [2.24, 2.45) is 12.0 Å². The number of aromatic nitrogens is 4. The summed E-state index contributed by atoms with van der Waals surface area (Å²) in [5.74, 6) is 2.83. The number of hydrogen-bond acceptors (Lipinski definition) is 5. The van der Waals surface area contributed by atoms with E-state index in [0.717, 1.165) is 50.3 Å². The second-order valence-electron chi connectivity index (χ2n) is 5.69. The first kappa shape index (κ1) is 16.2. The van der Waals surface area contributed by atoms with Crippen molar-refractivity contribution in [2.45, 2.75) is 13.5 Å². The summed E-state index contributed by atoms with van der Waals surface area (Å²) in [4.78, 5) is 13.7. The van der Waals surface area contributed by atoms with Gasteiger partial charge in [0.15, 0.2) is 11.8 Å². The second kappa shape index (κ2) is 7.76. The molecule has 1 fully saturated rings. The Morgan fingerprint density at radius 1 is 1.25 bits per heavy atom. The Kier molecular flexibility index (Phi) is 5.25. The molecule has 2 aromatic rings. The van der Waals surface area contributed by atoms with Gasteiger partial charge in [-0.15, -0.1) is 10.2 Å². The standard InChI is InChI=1S/C16H24N8/c1-3-17-16(19-12-15-21-20-13-22(15)2)24-10-8-23(9-11-24)14-6-4-5-7-18-14/h4-7,13H,3,8-12H2,1-2H3,(H,17,19). The third-order valence-corrected chi connectivity index (χ3v) is 4.06. The Balaban J connectivity index is 1.62. The fourth-order valence-electron chi connectivity index (χ4n) is 2.71. The molecule has 0 aromatic carbocycles. The molecule has 0 unspecified atom stereocenters. The summed E-state index contributed by atoms with van der Waals surface area (Å²) in [6, 6.07) is 6.03. The molecule has 3 rings (SSSR count). The highest BCUT2D eigenvalue weighted by Gasteiger charge is 2.20. The van der Waals surface area contributed by atoms with E-state index in [9.17, 15) is 0 Å². The van der Waals surface area contributed by atoms with Crippen molar-refractivity contribution >= 4 is 11.8 Å². The summed E-state index contributed by atoms with van der Waals surface area (Å²) in [5, 5.41) is 11.4. The predicted octanol–water partition coefficient (Wildman–Crippen LogP) is 0.498. The Morgan fingerprint density at radius 2 is 2.08 bits per heavy atom. The zero-order chi connectivity index (χ0) is 16.8. The summed E-state index contributed by atoms with van der Waals surface area (Å²) < 4.78 is 1.89. The lowest BCUT2D eigenvalue weighted by Gasteiger charge is -2.37. The summed E-state index contributed by atoms with van der Waals surface area (Å²) in [6.07, 6.45) is 3.54. The largest absolute Gasteiger partial charge is 0.357 e. The zero-order valence-electron chi connectivity index (χ0n) is 14.3. The molecular formula is C16H24N8. The van der Waals surface area contributed by atoms with E-state index in [2.05, 4.69) is 43.3 Å². The molecule has 0 aliphatic carbocycles. The van der Waals surface area contributed by atoms with Gasteiger partial charge in [-0.1, -0.05) is 6.07 Å². The van der Waals surface area contributed by atoms with Gasteiger partial charge < -0.3 is 19.7 Å². The first-order valence-corrected chi connectivity index (χ1v) is 8.30. The molecule has 8 heteroatoms. The third kappa shape index (κ3) is 3.81. The smallest absolute Gasteiger partial charge is 0.194 e. The van der Waals surface area contributed by atoms with E-state index in [4.69, 9.17) is 4.99 Å². The molecule has 0 amide bonds. The van der Waals surface area contributed by atoms with Gasteiger partial charge in [-0.3, -0.25) is 0 Å². The van der Waals surface area contributed by atoms with Crippen molar-refractivity contribution in [3.63, 3.8) is 0 Å². The number of hydrogen-bond donors (Lipinski definition) is 1. The monoisotopic (exact) mass is 328 g/mol. The quantitative estimate of drug-likeness (QED) is 0.651. The summed E-state index contributed by atoms with van der Waals surface area (Å²) >= 11 is 0. The molecule has 3 heterocycles. The van der Waals surface area contributed by atoms with E-state index in [0.29, 0.717) is 6.54 Å². The Labute approximate surface area is 142 Å². The maximum atomic E-state index is 4.71. The molecule has 0 saturated carbocycles. The van der Waals surface area contributed by atoms with Crippen LogP contribution in [0.2, 0.25) is 0 Å². The van der Waals surface area contributed by atoms with Crippen molar-refractivity contribution in [2.75, 3.05) is 37.6 Å². The fraction of sp³-hybridized carbons (Fsp3) is 0.500. The van der Waals surface area contributed by atoms with Gasteiger partial charge in [0.25, 0.3) is 0 Å². The van der Waals surface area contributed by atoms with Gasteiger partial charge in [-0.2, -0.15) is 0 Å². The van der Waals surface area contributed by atoms with Gasteiger partial charge in [0, 0.05) is 46.0 Å². The van der Waals surface area contributed by atoms with Crippen LogP contribution in [0.15, 0.2) is 35.7 Å². The number of nitrogens with one attached hydrogen (secondary N) is 1. The molecule has 0 bridgehead atoms. The third-order valence-electron chi connectivity index (χ3n) is 4.06. The van der Waals surface area contributed by atoms with Crippen molar-refractivity contribution in [1.29, 1.82) is 0 Å². The highest BCUT2D eigenvalue weighted by molar-refractivity contribution is 5.80. The van der Waals surface area contributed by atoms with Crippen LogP contribution in [-0.4, -0.2) is 63.3 Å². The molecule has 24 heavy (non-hydrogen) atoms. The van der Waals surface area contributed by atoms with E-state index >= 15 is 0 Å². The predicted molar refractivity (Wildman–Crippen MR) is 93.8 cm³/mol. The maximum Gasteiger partial charge on any atom is 0.194 e. The molecule has 128 valence electrons.